The monoisotopic (exact) mass is 343 g/mol. The van der Waals surface area contributed by atoms with Gasteiger partial charge in [-0.25, -0.2) is 4.39 Å². The molecule has 0 unspecified atom stereocenters. The van der Waals surface area contributed by atoms with Gasteiger partial charge in [0, 0.05) is 12.6 Å². The molecule has 0 bridgehead atoms. The van der Waals surface area contributed by atoms with E-state index in [1.807, 2.05) is 30.3 Å². The first-order chi connectivity index (χ1) is 11.6. The molecule has 0 fully saturated rings. The van der Waals surface area contributed by atoms with Crippen LogP contribution in [0.2, 0.25) is 5.15 Å². The van der Waals surface area contributed by atoms with E-state index in [9.17, 15) is 9.18 Å². The highest BCUT2D eigenvalue weighted by Gasteiger charge is 2.11. The zero-order chi connectivity index (χ0) is 17.1. The van der Waals surface area contributed by atoms with Crippen molar-refractivity contribution in [3.63, 3.8) is 0 Å². The van der Waals surface area contributed by atoms with Crippen molar-refractivity contribution < 1.29 is 9.13 Å². The molecule has 0 aliphatic carbocycles. The lowest BCUT2D eigenvalue weighted by atomic mass is 10.1. The van der Waals surface area contributed by atoms with Crippen LogP contribution in [0.1, 0.15) is 5.56 Å². The van der Waals surface area contributed by atoms with E-state index < -0.39 is 5.82 Å². The Kier molecular flexibility index (Phi) is 4.67. The zero-order valence-electron chi connectivity index (χ0n) is 13.0. The molecule has 0 saturated heterocycles. The van der Waals surface area contributed by atoms with Gasteiger partial charge in [0.2, 0.25) is 0 Å². The summed E-state index contributed by atoms with van der Waals surface area (Å²) in [6.07, 6.45) is 0. The Labute approximate surface area is 143 Å². The van der Waals surface area contributed by atoms with Crippen molar-refractivity contribution in [2.75, 3.05) is 0 Å². The predicted molar refractivity (Wildman–Crippen MR) is 92.9 cm³/mol. The molecule has 0 N–H and O–H groups in total. The van der Waals surface area contributed by atoms with E-state index in [-0.39, 0.29) is 17.9 Å². The molecule has 122 valence electrons. The lowest BCUT2D eigenvalue weighted by Crippen LogP contribution is -2.18. The molecule has 3 rings (SSSR count). The largest absolute Gasteiger partial charge is 0.486 e. The molecule has 24 heavy (non-hydrogen) atoms. The highest BCUT2D eigenvalue weighted by atomic mass is 35.5. The van der Waals surface area contributed by atoms with Crippen LogP contribution >= 0.6 is 11.6 Å². The van der Waals surface area contributed by atoms with E-state index in [2.05, 4.69) is 0 Å². The summed E-state index contributed by atoms with van der Waals surface area (Å²) in [5.74, 6) is -0.367. The second-order valence-corrected chi connectivity index (χ2v) is 5.74. The number of benzene rings is 2. The lowest BCUT2D eigenvalue weighted by molar-refractivity contribution is 0.290. The maximum Gasteiger partial charge on any atom is 0.259 e. The van der Waals surface area contributed by atoms with Gasteiger partial charge in [-0.15, -0.1) is 0 Å². The smallest absolute Gasteiger partial charge is 0.259 e. The second kappa shape index (κ2) is 6.89. The molecular weight excluding hydrogens is 329 g/mol. The van der Waals surface area contributed by atoms with Gasteiger partial charge in [-0.3, -0.25) is 4.79 Å². The fourth-order valence-corrected chi connectivity index (χ4v) is 2.49. The minimum absolute atomic E-state index is 0.147. The number of pyridine rings is 1. The van der Waals surface area contributed by atoms with Gasteiger partial charge in [0.05, 0.1) is 0 Å². The molecule has 1 heterocycles. The molecular formula is C19H15ClFNO2. The van der Waals surface area contributed by atoms with Crippen LogP contribution in [-0.4, -0.2) is 4.57 Å². The van der Waals surface area contributed by atoms with Gasteiger partial charge >= 0.3 is 0 Å². The normalized spacial score (nSPS) is 10.6. The van der Waals surface area contributed by atoms with Crippen molar-refractivity contribution in [3.8, 4) is 16.9 Å². The van der Waals surface area contributed by atoms with Gasteiger partial charge in [0.15, 0.2) is 11.6 Å². The lowest BCUT2D eigenvalue weighted by Gasteiger charge is -2.10. The summed E-state index contributed by atoms with van der Waals surface area (Å²) in [6.45, 7) is 0.278. The number of hydrogen-bond acceptors (Lipinski definition) is 2. The minimum Gasteiger partial charge on any atom is -0.486 e. The third-order valence-electron chi connectivity index (χ3n) is 3.72. The SMILES string of the molecule is Cn1c(Cl)ccc(-c2ccc(OCc3ccccc3)c(F)c2)c1=O. The Balaban J connectivity index is 1.85. The maximum atomic E-state index is 14.3. The summed E-state index contributed by atoms with van der Waals surface area (Å²) < 4.78 is 21.1. The molecule has 0 atom stereocenters. The predicted octanol–water partition coefficient (Wildman–Crippen LogP) is 4.42. The molecule has 2 aromatic carbocycles. The fraction of sp³-hybridized carbons (Fsp3) is 0.105. The maximum absolute atomic E-state index is 14.3. The Morgan fingerprint density at radius 3 is 2.54 bits per heavy atom. The number of halogens is 2. The number of ether oxygens (including phenoxy) is 1. The van der Waals surface area contributed by atoms with E-state index in [1.165, 1.54) is 16.7 Å². The van der Waals surface area contributed by atoms with Crippen molar-refractivity contribution >= 4 is 11.6 Å². The highest BCUT2D eigenvalue weighted by Crippen LogP contribution is 2.25. The quantitative estimate of drug-likeness (QED) is 0.656. The van der Waals surface area contributed by atoms with Crippen molar-refractivity contribution in [2.45, 2.75) is 6.61 Å². The van der Waals surface area contributed by atoms with Gasteiger partial charge < -0.3 is 9.30 Å². The molecule has 3 nitrogen and oxygen atoms in total. The first kappa shape index (κ1) is 16.3. The van der Waals surface area contributed by atoms with Crippen LogP contribution in [-0.2, 0) is 13.7 Å². The van der Waals surface area contributed by atoms with Gasteiger partial charge in [-0.1, -0.05) is 48.0 Å². The standard InChI is InChI=1S/C19H15ClFNO2/c1-22-18(20)10-8-15(19(22)23)14-7-9-17(16(21)11-14)24-12-13-5-3-2-4-6-13/h2-11H,12H2,1H3. The minimum atomic E-state index is -0.513. The molecule has 0 amide bonds. The average Bonchev–Trinajstić information content (AvgIpc) is 2.60. The molecule has 5 heteroatoms. The van der Waals surface area contributed by atoms with E-state index >= 15 is 0 Å². The van der Waals surface area contributed by atoms with Gasteiger partial charge in [0.1, 0.15) is 11.8 Å². The Morgan fingerprint density at radius 1 is 1.08 bits per heavy atom. The number of nitrogens with zero attached hydrogens (tertiary/aromatic N) is 1. The molecule has 1 aromatic heterocycles. The van der Waals surface area contributed by atoms with Crippen molar-refractivity contribution in [1.82, 2.24) is 4.57 Å². The van der Waals surface area contributed by atoms with Crippen molar-refractivity contribution in [2.24, 2.45) is 7.05 Å². The van der Waals surface area contributed by atoms with Crippen molar-refractivity contribution in [3.05, 3.63) is 87.6 Å². The third kappa shape index (κ3) is 3.34. The summed E-state index contributed by atoms with van der Waals surface area (Å²) in [4.78, 5) is 12.2. The van der Waals surface area contributed by atoms with Gasteiger partial charge in [-0.05, 0) is 35.4 Å². The Bertz CT molecular complexity index is 922. The topological polar surface area (TPSA) is 31.2 Å². The number of hydrogen-bond donors (Lipinski definition) is 0. The van der Waals surface area contributed by atoms with Gasteiger partial charge in [0.25, 0.3) is 5.56 Å². The van der Waals surface area contributed by atoms with Crippen LogP contribution < -0.4 is 10.3 Å². The fourth-order valence-electron chi connectivity index (χ4n) is 2.35. The molecule has 0 spiro atoms. The molecule has 0 aliphatic heterocycles. The van der Waals surface area contributed by atoms with E-state index in [4.69, 9.17) is 16.3 Å². The van der Waals surface area contributed by atoms with E-state index in [0.29, 0.717) is 16.3 Å². The Morgan fingerprint density at radius 2 is 1.83 bits per heavy atom. The molecule has 3 aromatic rings. The zero-order valence-corrected chi connectivity index (χ0v) is 13.8. The summed E-state index contributed by atoms with van der Waals surface area (Å²) in [5.41, 5.74) is 1.54. The van der Waals surface area contributed by atoms with Gasteiger partial charge in [-0.2, -0.15) is 0 Å². The van der Waals surface area contributed by atoms with Crippen LogP contribution in [0, 0.1) is 5.82 Å². The van der Waals surface area contributed by atoms with Crippen LogP contribution in [0.4, 0.5) is 4.39 Å². The first-order valence-electron chi connectivity index (χ1n) is 7.38. The van der Waals surface area contributed by atoms with E-state index in [1.54, 1.807) is 25.2 Å². The van der Waals surface area contributed by atoms with Crippen LogP contribution in [0.3, 0.4) is 0 Å². The molecule has 0 aliphatic rings. The average molecular weight is 344 g/mol. The Hall–Kier alpha value is -2.59. The number of rotatable bonds is 4. The summed E-state index contributed by atoms with van der Waals surface area (Å²) in [6, 6.07) is 17.2. The number of aromatic nitrogens is 1. The van der Waals surface area contributed by atoms with Crippen molar-refractivity contribution in [1.29, 1.82) is 0 Å². The molecule has 0 saturated carbocycles. The summed E-state index contributed by atoms with van der Waals surface area (Å²) >= 11 is 5.90. The summed E-state index contributed by atoms with van der Waals surface area (Å²) in [5, 5.41) is 0.326. The third-order valence-corrected chi connectivity index (χ3v) is 4.10. The summed E-state index contributed by atoms with van der Waals surface area (Å²) in [7, 11) is 1.57. The first-order valence-corrected chi connectivity index (χ1v) is 7.76. The van der Waals surface area contributed by atoms with E-state index in [0.717, 1.165) is 5.56 Å². The highest BCUT2D eigenvalue weighted by molar-refractivity contribution is 6.29. The van der Waals surface area contributed by atoms with Crippen LogP contribution in [0.15, 0.2) is 65.5 Å². The van der Waals surface area contributed by atoms with Crippen LogP contribution in [0.5, 0.6) is 5.75 Å². The molecule has 0 radical (unpaired) electrons. The van der Waals surface area contributed by atoms with Crippen LogP contribution in [0.25, 0.3) is 11.1 Å². The second-order valence-electron chi connectivity index (χ2n) is 5.35.